The number of hydrogen-bond acceptors (Lipinski definition) is 9. The maximum Gasteiger partial charge on any atom is 0.237 e. The minimum absolute atomic E-state index is 0.0610. The zero-order valence-corrected chi connectivity index (χ0v) is 30.8. The van der Waals surface area contributed by atoms with Crippen molar-refractivity contribution in [2.24, 2.45) is 28.0 Å². The molecule has 0 spiro atoms. The first kappa shape index (κ1) is 43.0. The van der Waals surface area contributed by atoms with E-state index in [4.69, 9.17) is 11.0 Å². The first-order chi connectivity index (χ1) is 23.1. The lowest BCUT2D eigenvalue weighted by Crippen LogP contribution is -2.40. The van der Waals surface area contributed by atoms with Crippen LogP contribution < -0.4 is 15.8 Å². The zero-order chi connectivity index (χ0) is 36.8. The molecular formula is C37H54FN7O3S. The molecule has 0 radical (unpaired) electrons. The van der Waals surface area contributed by atoms with E-state index >= 15 is 0 Å². The first-order valence-corrected chi connectivity index (χ1v) is 17.2. The molecule has 2 aromatic carbocycles. The number of nitriles is 1. The van der Waals surface area contributed by atoms with Gasteiger partial charge in [0.05, 0.1) is 29.4 Å². The van der Waals surface area contributed by atoms with Gasteiger partial charge >= 0.3 is 0 Å². The molecule has 4 N–H and O–H groups in total. The smallest absolute Gasteiger partial charge is 0.237 e. The number of likely N-dealkylation sites (N-methyl/N-ethyl adjacent to an activating group) is 1. The number of amides is 2. The van der Waals surface area contributed by atoms with Crippen LogP contribution in [0.2, 0.25) is 0 Å². The summed E-state index contributed by atoms with van der Waals surface area (Å²) in [6.07, 6.45) is 8.89. The van der Waals surface area contributed by atoms with Crippen molar-refractivity contribution >= 4 is 48.1 Å². The van der Waals surface area contributed by atoms with Gasteiger partial charge in [0.2, 0.25) is 12.3 Å². The molecule has 2 aromatic rings. The lowest BCUT2D eigenvalue weighted by Gasteiger charge is -2.21. The normalized spacial score (nSPS) is 17.7. The Balaban J connectivity index is 0.000000368. The molecule has 12 heteroatoms. The molecule has 1 aliphatic heterocycles. The number of aliphatic imine (C=N–C) groups is 1. The number of benzene rings is 2. The fourth-order valence-electron chi connectivity index (χ4n) is 4.15. The number of carbonyl (C=O) groups excluding carboxylic acids is 3. The van der Waals surface area contributed by atoms with E-state index in [9.17, 15) is 18.8 Å². The Labute approximate surface area is 296 Å². The fraction of sp³-hybridized carbons (Fsp3) is 0.486. The van der Waals surface area contributed by atoms with Gasteiger partial charge in [-0.25, -0.2) is 9.11 Å². The Morgan fingerprint density at radius 2 is 1.76 bits per heavy atom. The number of anilines is 1. The lowest BCUT2D eigenvalue weighted by atomic mass is 10.0. The number of aldehydes is 1. The third-order valence-corrected chi connectivity index (χ3v) is 7.29. The van der Waals surface area contributed by atoms with Crippen LogP contribution in [0.25, 0.3) is 0 Å². The number of allylic oxidation sites excluding steroid dienone is 1. The number of hydrogen-bond donors (Lipinski definition) is 3. The molecule has 3 atom stereocenters. The molecule has 3 unspecified atom stereocenters. The number of para-hydroxylation sites is 1. The second-order valence-corrected chi connectivity index (χ2v) is 14.8. The van der Waals surface area contributed by atoms with Crippen molar-refractivity contribution in [2.45, 2.75) is 72.4 Å². The Morgan fingerprint density at radius 3 is 2.27 bits per heavy atom. The molecule has 49 heavy (non-hydrogen) atoms. The summed E-state index contributed by atoms with van der Waals surface area (Å²) in [7, 11) is 3.72. The van der Waals surface area contributed by atoms with Gasteiger partial charge in [0, 0.05) is 18.4 Å². The number of nitrogens with zero attached hydrogens (tertiary/aromatic N) is 4. The van der Waals surface area contributed by atoms with E-state index in [1.165, 1.54) is 36.9 Å². The van der Waals surface area contributed by atoms with E-state index in [1.54, 1.807) is 29.3 Å². The van der Waals surface area contributed by atoms with E-state index in [2.05, 4.69) is 55.7 Å². The Bertz CT molecular complexity index is 1350. The predicted molar refractivity (Wildman–Crippen MR) is 199 cm³/mol. The molecule has 0 bridgehead atoms. The van der Waals surface area contributed by atoms with Crippen LogP contribution in [0, 0.1) is 34.4 Å². The minimum atomic E-state index is -0.292. The summed E-state index contributed by atoms with van der Waals surface area (Å²) in [5, 5.41) is 11.9. The van der Waals surface area contributed by atoms with Crippen LogP contribution in [0.3, 0.4) is 0 Å². The van der Waals surface area contributed by atoms with Gasteiger partial charge in [0.25, 0.3) is 0 Å². The number of carbonyl (C=O) groups is 3. The van der Waals surface area contributed by atoms with Crippen molar-refractivity contribution in [3.05, 3.63) is 71.5 Å². The van der Waals surface area contributed by atoms with Gasteiger partial charge in [0.15, 0.2) is 0 Å². The average molecular weight is 696 g/mol. The third-order valence-electron chi connectivity index (χ3n) is 6.50. The second-order valence-electron chi connectivity index (χ2n) is 13.9. The zero-order valence-electron chi connectivity index (χ0n) is 29.9. The Morgan fingerprint density at radius 1 is 1.14 bits per heavy atom. The van der Waals surface area contributed by atoms with E-state index in [0.717, 1.165) is 31.4 Å². The highest BCUT2D eigenvalue weighted by Crippen LogP contribution is 2.33. The van der Waals surface area contributed by atoms with E-state index in [0.29, 0.717) is 40.9 Å². The summed E-state index contributed by atoms with van der Waals surface area (Å²) in [6.45, 7) is 11.9. The summed E-state index contributed by atoms with van der Waals surface area (Å²) in [5.74, 6) is 0.898. The topological polar surface area (TPSA) is 144 Å². The molecule has 4 rings (SSSR count). The number of rotatable bonds is 12. The summed E-state index contributed by atoms with van der Waals surface area (Å²) in [5.41, 5.74) is 7.78. The van der Waals surface area contributed by atoms with Crippen molar-refractivity contribution in [3.8, 4) is 6.07 Å². The fourth-order valence-corrected chi connectivity index (χ4v) is 4.72. The highest BCUT2D eigenvalue weighted by atomic mass is 32.2. The SMILES string of the molecule is CC(C)(C)C.CC1CC(C#N)N(C(=O)CN(C)C)C1.N/C(=C\C=Nc1ccc(F)cc1)SNC(C=O)CC1CC1.O=CNc1ccccc1. The predicted octanol–water partition coefficient (Wildman–Crippen LogP) is 6.55. The maximum absolute atomic E-state index is 12.7. The van der Waals surface area contributed by atoms with E-state index in [1.807, 2.05) is 49.3 Å². The second kappa shape index (κ2) is 23.3. The molecule has 1 saturated carbocycles. The van der Waals surface area contributed by atoms with E-state index < -0.39 is 0 Å². The van der Waals surface area contributed by atoms with Gasteiger partial charge in [-0.2, -0.15) is 5.26 Å². The average Bonchev–Trinajstić information content (AvgIpc) is 3.78. The molecule has 0 aromatic heterocycles. The maximum atomic E-state index is 12.7. The van der Waals surface area contributed by atoms with Crippen LogP contribution in [-0.2, 0) is 14.4 Å². The van der Waals surface area contributed by atoms with Crippen LogP contribution in [-0.4, -0.2) is 73.9 Å². The van der Waals surface area contributed by atoms with Gasteiger partial charge in [-0.05, 0) is 98.6 Å². The van der Waals surface area contributed by atoms with Crippen molar-refractivity contribution < 1.29 is 18.8 Å². The van der Waals surface area contributed by atoms with Crippen molar-refractivity contribution in [2.75, 3.05) is 32.5 Å². The van der Waals surface area contributed by atoms with Gasteiger partial charge in [-0.1, -0.05) is 65.7 Å². The van der Waals surface area contributed by atoms with Gasteiger partial charge in [0.1, 0.15) is 18.1 Å². The largest absolute Gasteiger partial charge is 0.392 e. The highest BCUT2D eigenvalue weighted by Gasteiger charge is 2.32. The summed E-state index contributed by atoms with van der Waals surface area (Å²) in [4.78, 5) is 40.1. The number of nitrogens with two attached hydrogens (primary N) is 1. The van der Waals surface area contributed by atoms with Crippen LogP contribution in [0.1, 0.15) is 60.3 Å². The van der Waals surface area contributed by atoms with Crippen LogP contribution in [0.5, 0.6) is 0 Å². The quantitative estimate of drug-likeness (QED) is 0.129. The molecule has 2 aliphatic rings. The van der Waals surface area contributed by atoms with Gasteiger partial charge in [-0.3, -0.25) is 14.6 Å². The van der Waals surface area contributed by atoms with Crippen molar-refractivity contribution in [1.82, 2.24) is 14.5 Å². The highest BCUT2D eigenvalue weighted by molar-refractivity contribution is 8.01. The first-order valence-electron chi connectivity index (χ1n) is 16.4. The minimum Gasteiger partial charge on any atom is -0.392 e. The van der Waals surface area contributed by atoms with Crippen molar-refractivity contribution in [1.29, 1.82) is 5.26 Å². The van der Waals surface area contributed by atoms with Crippen LogP contribution >= 0.6 is 11.9 Å². The number of nitrogens with one attached hydrogen (secondary N) is 2. The molecule has 268 valence electrons. The lowest BCUT2D eigenvalue weighted by molar-refractivity contribution is -0.131. The molecule has 1 aliphatic carbocycles. The molecular weight excluding hydrogens is 642 g/mol. The van der Waals surface area contributed by atoms with E-state index in [-0.39, 0.29) is 23.8 Å². The van der Waals surface area contributed by atoms with Gasteiger partial charge in [-0.15, -0.1) is 0 Å². The summed E-state index contributed by atoms with van der Waals surface area (Å²) >= 11 is 1.22. The third kappa shape index (κ3) is 22.3. The number of likely N-dealkylation sites (tertiary alicyclic amines) is 1. The summed E-state index contributed by atoms with van der Waals surface area (Å²) in [6, 6.07) is 17.0. The van der Waals surface area contributed by atoms with Crippen molar-refractivity contribution in [3.63, 3.8) is 0 Å². The molecule has 1 saturated heterocycles. The van der Waals surface area contributed by atoms with Gasteiger partial charge < -0.3 is 25.6 Å². The van der Waals surface area contributed by atoms with Crippen LogP contribution in [0.15, 0.2) is 70.7 Å². The molecule has 2 amide bonds. The Kier molecular flexibility index (Phi) is 20.5. The molecule has 1 heterocycles. The Hall–Kier alpha value is -4.05. The summed E-state index contributed by atoms with van der Waals surface area (Å²) < 4.78 is 15.8. The monoisotopic (exact) mass is 695 g/mol. The molecule has 2 fully saturated rings. The standard InChI is InChI=1S/C15H18FN3OS.C10H17N3O.C7H7NO.C5H12/c16-12-3-5-13(6-4-12)18-8-7-15(17)21-19-14(10-20)9-11-1-2-11;1-8-4-9(5-11)13(6-8)10(14)7-12(2)3;9-6-8-7-4-2-1-3-5-7;1-5(2,3)4/h3-8,10-11,14,19H,1-2,9,17H2;8-9H,4,6-7H2,1-3H3;1-6H,(H,8,9);1-4H3/b15-7+,18-8?;;;. The molecule has 10 nitrogen and oxygen atoms in total. The van der Waals surface area contributed by atoms with Crippen LogP contribution in [0.4, 0.5) is 15.8 Å². The number of halogens is 1.